The molecule has 0 saturated heterocycles. The van der Waals surface area contributed by atoms with Crippen LogP contribution in [0.4, 0.5) is 17.6 Å². The fourth-order valence-corrected chi connectivity index (χ4v) is 2.67. The molecule has 3 rings (SSSR count). The average molecular weight is 341 g/mol. The highest BCUT2D eigenvalue weighted by Crippen LogP contribution is 2.49. The summed E-state index contributed by atoms with van der Waals surface area (Å²) in [5.41, 5.74) is -1.02. The third-order valence-electron chi connectivity index (χ3n) is 4.25. The lowest BCUT2D eigenvalue weighted by Crippen LogP contribution is -2.32. The Kier molecular flexibility index (Phi) is 3.85. The molecule has 1 aliphatic rings. The zero-order valence-corrected chi connectivity index (χ0v) is 12.8. The van der Waals surface area contributed by atoms with Crippen LogP contribution in [0.5, 0.6) is 0 Å². The average Bonchev–Trinajstić information content (AvgIpc) is 3.17. The van der Waals surface area contributed by atoms with Crippen LogP contribution in [-0.2, 0) is 18.6 Å². The van der Waals surface area contributed by atoms with E-state index in [9.17, 15) is 22.4 Å². The minimum absolute atomic E-state index is 0.154. The van der Waals surface area contributed by atoms with Gasteiger partial charge in [-0.15, -0.1) is 0 Å². The molecule has 24 heavy (non-hydrogen) atoms. The van der Waals surface area contributed by atoms with Crippen molar-refractivity contribution in [3.05, 3.63) is 53.1 Å². The molecule has 0 radical (unpaired) electrons. The van der Waals surface area contributed by atoms with Crippen molar-refractivity contribution in [3.8, 4) is 0 Å². The van der Waals surface area contributed by atoms with E-state index in [0.717, 1.165) is 12.1 Å². The van der Waals surface area contributed by atoms with E-state index in [1.54, 1.807) is 13.2 Å². The number of alkyl halides is 3. The molecule has 128 valence electrons. The van der Waals surface area contributed by atoms with Crippen molar-refractivity contribution < 1.29 is 22.4 Å². The summed E-state index contributed by atoms with van der Waals surface area (Å²) < 4.78 is 53.6. The molecule has 0 aliphatic heterocycles. The Morgan fingerprint density at radius 1 is 1.33 bits per heavy atom. The third-order valence-corrected chi connectivity index (χ3v) is 4.25. The maximum Gasteiger partial charge on any atom is 0.416 e. The van der Waals surface area contributed by atoms with Crippen LogP contribution in [-0.4, -0.2) is 22.2 Å². The van der Waals surface area contributed by atoms with Gasteiger partial charge >= 0.3 is 6.18 Å². The van der Waals surface area contributed by atoms with Crippen molar-refractivity contribution in [2.45, 2.75) is 24.4 Å². The second kappa shape index (κ2) is 5.61. The highest BCUT2D eigenvalue weighted by Gasteiger charge is 2.46. The SMILES string of the molecule is Cn1cc(C(=O)NCC2(c3cc(F)cc(C(F)(F)F)c3)CC2)cn1. The number of carbonyl (C=O) groups is 1. The summed E-state index contributed by atoms with van der Waals surface area (Å²) in [6, 6.07) is 2.55. The minimum Gasteiger partial charge on any atom is -0.351 e. The van der Waals surface area contributed by atoms with Gasteiger partial charge in [0.05, 0.1) is 17.3 Å². The fraction of sp³-hybridized carbons (Fsp3) is 0.375. The second-order valence-corrected chi connectivity index (χ2v) is 6.09. The first-order valence-electron chi connectivity index (χ1n) is 7.35. The summed E-state index contributed by atoms with van der Waals surface area (Å²) in [5, 5.41) is 6.58. The fourth-order valence-electron chi connectivity index (χ4n) is 2.67. The van der Waals surface area contributed by atoms with E-state index >= 15 is 0 Å². The summed E-state index contributed by atoms with van der Waals surface area (Å²) >= 11 is 0. The highest BCUT2D eigenvalue weighted by atomic mass is 19.4. The van der Waals surface area contributed by atoms with Crippen LogP contribution in [0.25, 0.3) is 0 Å². The lowest BCUT2D eigenvalue weighted by Gasteiger charge is -2.18. The van der Waals surface area contributed by atoms with E-state index in [-0.39, 0.29) is 18.0 Å². The number of aryl methyl sites for hydroxylation is 1. The quantitative estimate of drug-likeness (QED) is 0.869. The van der Waals surface area contributed by atoms with Crippen LogP contribution < -0.4 is 5.32 Å². The Balaban J connectivity index is 1.77. The first-order chi connectivity index (χ1) is 11.2. The van der Waals surface area contributed by atoms with Gasteiger partial charge in [-0.1, -0.05) is 0 Å². The normalized spacial score (nSPS) is 16.0. The summed E-state index contributed by atoms with van der Waals surface area (Å²) in [6.07, 6.45) is -0.467. The third kappa shape index (κ3) is 3.27. The van der Waals surface area contributed by atoms with Gasteiger partial charge < -0.3 is 5.32 Å². The van der Waals surface area contributed by atoms with Crippen molar-refractivity contribution >= 4 is 5.91 Å². The number of benzene rings is 1. The Bertz CT molecular complexity index is 778. The number of halogens is 4. The first-order valence-corrected chi connectivity index (χ1v) is 7.35. The zero-order valence-electron chi connectivity index (χ0n) is 12.8. The highest BCUT2D eigenvalue weighted by molar-refractivity contribution is 5.93. The minimum atomic E-state index is -4.61. The number of hydrogen-bond acceptors (Lipinski definition) is 2. The molecule has 1 aromatic heterocycles. The molecule has 1 heterocycles. The summed E-state index contributed by atoms with van der Waals surface area (Å²) in [4.78, 5) is 12.0. The van der Waals surface area contributed by atoms with E-state index < -0.39 is 23.0 Å². The number of hydrogen-bond donors (Lipinski definition) is 1. The molecule has 8 heteroatoms. The van der Waals surface area contributed by atoms with Crippen molar-refractivity contribution in [1.82, 2.24) is 15.1 Å². The molecular formula is C16H15F4N3O. The monoisotopic (exact) mass is 341 g/mol. The first kappa shape index (κ1) is 16.5. The number of nitrogens with zero attached hydrogens (tertiary/aromatic N) is 2. The second-order valence-electron chi connectivity index (χ2n) is 6.09. The predicted molar refractivity (Wildman–Crippen MR) is 77.9 cm³/mol. The van der Waals surface area contributed by atoms with Gasteiger partial charge in [0.15, 0.2) is 0 Å². The van der Waals surface area contributed by atoms with Crippen LogP contribution in [0.3, 0.4) is 0 Å². The standard InChI is InChI=1S/C16H15F4N3O/c1-23-8-10(7-22-23)14(24)21-9-15(2-3-15)11-4-12(16(18,19)20)6-13(17)5-11/h4-8H,2-3,9H2,1H3,(H,21,24). The molecule has 0 spiro atoms. The molecule has 0 unspecified atom stereocenters. The molecule has 1 aromatic carbocycles. The van der Waals surface area contributed by atoms with Gasteiger partial charge in [0.25, 0.3) is 5.91 Å². The molecule has 4 nitrogen and oxygen atoms in total. The number of rotatable bonds is 4. The number of nitrogens with one attached hydrogen (secondary N) is 1. The lowest BCUT2D eigenvalue weighted by molar-refractivity contribution is -0.137. The van der Waals surface area contributed by atoms with Gasteiger partial charge in [0.1, 0.15) is 5.82 Å². The van der Waals surface area contributed by atoms with Crippen molar-refractivity contribution in [1.29, 1.82) is 0 Å². The van der Waals surface area contributed by atoms with Crippen LogP contribution in [0.1, 0.15) is 34.3 Å². The van der Waals surface area contributed by atoms with E-state index in [2.05, 4.69) is 10.4 Å². The number of carbonyl (C=O) groups excluding carboxylic acids is 1. The largest absolute Gasteiger partial charge is 0.416 e. The van der Waals surface area contributed by atoms with Crippen LogP contribution in [0.15, 0.2) is 30.6 Å². The molecule has 1 fully saturated rings. The Hall–Kier alpha value is -2.38. The van der Waals surface area contributed by atoms with Crippen LogP contribution >= 0.6 is 0 Å². The molecule has 1 amide bonds. The van der Waals surface area contributed by atoms with Gasteiger partial charge in [0.2, 0.25) is 0 Å². The molecule has 1 N–H and O–H groups in total. The Labute approximate surface area is 135 Å². The lowest BCUT2D eigenvalue weighted by atomic mass is 9.93. The van der Waals surface area contributed by atoms with Crippen molar-refractivity contribution in [2.75, 3.05) is 6.54 Å². The van der Waals surface area contributed by atoms with Crippen LogP contribution in [0.2, 0.25) is 0 Å². The Morgan fingerprint density at radius 3 is 2.58 bits per heavy atom. The van der Waals surface area contributed by atoms with Crippen molar-refractivity contribution in [2.24, 2.45) is 7.05 Å². The zero-order chi connectivity index (χ0) is 17.5. The van der Waals surface area contributed by atoms with E-state index in [0.29, 0.717) is 24.5 Å². The van der Waals surface area contributed by atoms with E-state index in [4.69, 9.17) is 0 Å². The van der Waals surface area contributed by atoms with Gasteiger partial charge in [-0.2, -0.15) is 18.3 Å². The maximum atomic E-state index is 13.6. The molecule has 1 aliphatic carbocycles. The van der Waals surface area contributed by atoms with Gasteiger partial charge in [-0.3, -0.25) is 9.48 Å². The topological polar surface area (TPSA) is 46.9 Å². The number of amides is 1. The molecule has 1 saturated carbocycles. The van der Waals surface area contributed by atoms with Crippen LogP contribution in [0, 0.1) is 5.82 Å². The summed E-state index contributed by atoms with van der Waals surface area (Å²) in [7, 11) is 1.67. The van der Waals surface area contributed by atoms with Crippen molar-refractivity contribution in [3.63, 3.8) is 0 Å². The van der Waals surface area contributed by atoms with E-state index in [1.165, 1.54) is 10.9 Å². The molecule has 0 atom stereocenters. The number of aromatic nitrogens is 2. The molecule has 2 aromatic rings. The maximum absolute atomic E-state index is 13.6. The molecular weight excluding hydrogens is 326 g/mol. The summed E-state index contributed by atoms with van der Waals surface area (Å²) in [6.45, 7) is 0.154. The Morgan fingerprint density at radius 2 is 2.04 bits per heavy atom. The van der Waals surface area contributed by atoms with E-state index in [1.807, 2.05) is 0 Å². The van der Waals surface area contributed by atoms with Gasteiger partial charge in [-0.05, 0) is 36.6 Å². The smallest absolute Gasteiger partial charge is 0.351 e. The summed E-state index contributed by atoms with van der Waals surface area (Å²) in [5.74, 6) is -1.29. The van der Waals surface area contributed by atoms with Gasteiger partial charge in [0, 0.05) is 25.2 Å². The molecule has 0 bridgehead atoms. The predicted octanol–water partition coefficient (Wildman–Crippen LogP) is 3.04. The van der Waals surface area contributed by atoms with Gasteiger partial charge in [-0.25, -0.2) is 4.39 Å².